The lowest BCUT2D eigenvalue weighted by Gasteiger charge is -2.18. The van der Waals surface area contributed by atoms with E-state index in [-0.39, 0.29) is 12.5 Å². The standard InChI is InChI=1S/C24H22N2O5/c27-22(25-12-10-17-6-8-20-21(15-17)30-14-13-29-20)16-31-23(28)9-7-19-4-1-3-18-5-2-11-26-24(18)19/h1-9,11,15H,10,12-14,16H2,(H,25,27)/b9-7-. The van der Waals surface area contributed by atoms with Crippen LogP contribution in [0.4, 0.5) is 0 Å². The summed E-state index contributed by atoms with van der Waals surface area (Å²) in [5, 5.41) is 3.72. The van der Waals surface area contributed by atoms with Crippen molar-refractivity contribution in [2.45, 2.75) is 6.42 Å². The van der Waals surface area contributed by atoms with Gasteiger partial charge in [-0.1, -0.05) is 30.3 Å². The van der Waals surface area contributed by atoms with Gasteiger partial charge in [0.2, 0.25) is 0 Å². The molecular formula is C24H22N2O5. The Labute approximate surface area is 179 Å². The van der Waals surface area contributed by atoms with Crippen molar-refractivity contribution >= 4 is 28.9 Å². The summed E-state index contributed by atoms with van der Waals surface area (Å²) in [4.78, 5) is 28.2. The minimum atomic E-state index is -0.588. The van der Waals surface area contributed by atoms with Crippen LogP contribution in [0.25, 0.3) is 17.0 Å². The molecule has 158 valence electrons. The minimum absolute atomic E-state index is 0.335. The van der Waals surface area contributed by atoms with Gasteiger partial charge < -0.3 is 19.5 Å². The Balaban J connectivity index is 1.21. The van der Waals surface area contributed by atoms with Crippen LogP contribution < -0.4 is 14.8 Å². The summed E-state index contributed by atoms with van der Waals surface area (Å²) in [6, 6.07) is 15.2. The summed E-state index contributed by atoms with van der Waals surface area (Å²) in [7, 11) is 0. The molecule has 1 N–H and O–H groups in total. The fourth-order valence-corrected chi connectivity index (χ4v) is 3.25. The number of esters is 1. The SMILES string of the molecule is O=C(COC(=O)/C=C\c1cccc2cccnc12)NCCc1ccc2c(c1)OCCO2. The van der Waals surface area contributed by atoms with Gasteiger partial charge in [0.15, 0.2) is 18.1 Å². The molecule has 7 nitrogen and oxygen atoms in total. The fourth-order valence-electron chi connectivity index (χ4n) is 3.25. The maximum Gasteiger partial charge on any atom is 0.331 e. The molecular weight excluding hydrogens is 396 g/mol. The number of aromatic nitrogens is 1. The highest BCUT2D eigenvalue weighted by Crippen LogP contribution is 2.30. The van der Waals surface area contributed by atoms with Crippen LogP contribution in [0.1, 0.15) is 11.1 Å². The largest absolute Gasteiger partial charge is 0.486 e. The number of nitrogens with one attached hydrogen (secondary N) is 1. The molecule has 1 aromatic heterocycles. The van der Waals surface area contributed by atoms with Crippen molar-refractivity contribution in [3.8, 4) is 11.5 Å². The van der Waals surface area contributed by atoms with Gasteiger partial charge in [0.25, 0.3) is 5.91 Å². The number of para-hydroxylation sites is 1. The van der Waals surface area contributed by atoms with E-state index in [2.05, 4.69) is 10.3 Å². The highest BCUT2D eigenvalue weighted by atomic mass is 16.6. The van der Waals surface area contributed by atoms with Crippen molar-refractivity contribution < 1.29 is 23.8 Å². The molecule has 1 amide bonds. The molecule has 1 aliphatic heterocycles. The molecule has 31 heavy (non-hydrogen) atoms. The highest BCUT2D eigenvalue weighted by Gasteiger charge is 2.12. The highest BCUT2D eigenvalue weighted by molar-refractivity contribution is 5.93. The van der Waals surface area contributed by atoms with Crippen LogP contribution in [-0.2, 0) is 20.7 Å². The molecule has 0 bridgehead atoms. The average Bonchev–Trinajstić information content (AvgIpc) is 2.81. The summed E-state index contributed by atoms with van der Waals surface area (Å²) in [6.45, 7) is 1.17. The Morgan fingerprint density at radius 2 is 1.90 bits per heavy atom. The quantitative estimate of drug-likeness (QED) is 0.469. The number of carbonyl (C=O) groups is 2. The molecule has 3 aromatic rings. The van der Waals surface area contributed by atoms with Gasteiger partial charge in [-0.15, -0.1) is 0 Å². The van der Waals surface area contributed by atoms with E-state index in [4.69, 9.17) is 14.2 Å². The predicted octanol–water partition coefficient (Wildman–Crippen LogP) is 2.92. The van der Waals surface area contributed by atoms with Crippen molar-refractivity contribution in [1.82, 2.24) is 10.3 Å². The number of fused-ring (bicyclic) bond motifs is 2. The van der Waals surface area contributed by atoms with Crippen LogP contribution in [0, 0.1) is 0 Å². The molecule has 0 radical (unpaired) electrons. The summed E-state index contributed by atoms with van der Waals surface area (Å²) >= 11 is 0. The smallest absolute Gasteiger partial charge is 0.331 e. The zero-order valence-corrected chi connectivity index (χ0v) is 16.9. The second kappa shape index (κ2) is 9.75. The monoisotopic (exact) mass is 418 g/mol. The number of nitrogens with zero attached hydrogens (tertiary/aromatic N) is 1. The minimum Gasteiger partial charge on any atom is -0.486 e. The van der Waals surface area contributed by atoms with Crippen molar-refractivity contribution in [2.75, 3.05) is 26.4 Å². The summed E-state index contributed by atoms with van der Waals surface area (Å²) in [6.07, 6.45) is 5.26. The molecule has 0 atom stereocenters. The first kappa shape index (κ1) is 20.4. The topological polar surface area (TPSA) is 86.8 Å². The number of benzene rings is 2. The lowest BCUT2D eigenvalue weighted by atomic mass is 10.1. The first-order valence-corrected chi connectivity index (χ1v) is 10.0. The first-order chi connectivity index (χ1) is 15.2. The lowest BCUT2D eigenvalue weighted by Crippen LogP contribution is -2.30. The van der Waals surface area contributed by atoms with Crippen molar-refractivity contribution in [3.63, 3.8) is 0 Å². The number of amides is 1. The van der Waals surface area contributed by atoms with Gasteiger partial charge >= 0.3 is 5.97 Å². The van der Waals surface area contributed by atoms with Gasteiger partial charge in [-0.25, -0.2) is 4.79 Å². The third-order valence-corrected chi connectivity index (χ3v) is 4.75. The van der Waals surface area contributed by atoms with E-state index in [9.17, 15) is 9.59 Å². The normalized spacial score (nSPS) is 12.6. The second-order valence-electron chi connectivity index (χ2n) is 6.94. The fraction of sp³-hybridized carbons (Fsp3) is 0.208. The molecule has 4 rings (SSSR count). The number of pyridine rings is 1. The molecule has 0 saturated carbocycles. The third-order valence-electron chi connectivity index (χ3n) is 4.75. The second-order valence-corrected chi connectivity index (χ2v) is 6.94. The molecule has 2 heterocycles. The van der Waals surface area contributed by atoms with E-state index in [1.165, 1.54) is 6.08 Å². The Morgan fingerprint density at radius 3 is 2.81 bits per heavy atom. The van der Waals surface area contributed by atoms with Crippen LogP contribution in [0.15, 0.2) is 60.8 Å². The number of carbonyl (C=O) groups excluding carboxylic acids is 2. The number of ether oxygens (including phenoxy) is 3. The van der Waals surface area contributed by atoms with Crippen molar-refractivity contribution in [1.29, 1.82) is 0 Å². The zero-order valence-electron chi connectivity index (χ0n) is 16.9. The van der Waals surface area contributed by atoms with E-state index < -0.39 is 5.97 Å². The van der Waals surface area contributed by atoms with E-state index in [0.717, 1.165) is 33.5 Å². The van der Waals surface area contributed by atoms with Crippen molar-refractivity contribution in [3.05, 3.63) is 71.9 Å². The Kier molecular flexibility index (Phi) is 6.42. The number of hydrogen-bond acceptors (Lipinski definition) is 6. The maximum absolute atomic E-state index is 12.0. The van der Waals surface area contributed by atoms with Crippen molar-refractivity contribution in [2.24, 2.45) is 0 Å². The van der Waals surface area contributed by atoms with E-state index >= 15 is 0 Å². The van der Waals surface area contributed by atoms with E-state index in [0.29, 0.717) is 26.2 Å². The lowest BCUT2D eigenvalue weighted by molar-refractivity contribution is -0.143. The third kappa shape index (κ3) is 5.39. The number of hydrogen-bond donors (Lipinski definition) is 1. The van der Waals surface area contributed by atoms with Gasteiger partial charge in [-0.2, -0.15) is 0 Å². The Morgan fingerprint density at radius 1 is 1.06 bits per heavy atom. The zero-order chi connectivity index (χ0) is 21.5. The Bertz CT molecular complexity index is 1120. The van der Waals surface area contributed by atoms with E-state index in [1.54, 1.807) is 12.3 Å². The maximum atomic E-state index is 12.0. The molecule has 1 aliphatic rings. The van der Waals surface area contributed by atoms with Crippen LogP contribution in [0.3, 0.4) is 0 Å². The van der Waals surface area contributed by atoms with Gasteiger partial charge in [0.1, 0.15) is 13.2 Å². The van der Waals surface area contributed by atoms with Crippen LogP contribution >= 0.6 is 0 Å². The molecule has 0 unspecified atom stereocenters. The average molecular weight is 418 g/mol. The van der Waals surface area contributed by atoms with Crippen LogP contribution in [0.2, 0.25) is 0 Å². The van der Waals surface area contributed by atoms with Crippen LogP contribution in [0.5, 0.6) is 11.5 Å². The molecule has 0 spiro atoms. The van der Waals surface area contributed by atoms with Gasteiger partial charge in [0.05, 0.1) is 5.52 Å². The first-order valence-electron chi connectivity index (χ1n) is 10.0. The summed E-state index contributed by atoms with van der Waals surface area (Å²) < 4.78 is 16.1. The summed E-state index contributed by atoms with van der Waals surface area (Å²) in [5.41, 5.74) is 2.62. The molecule has 0 fully saturated rings. The van der Waals surface area contributed by atoms with Gasteiger partial charge in [-0.05, 0) is 36.3 Å². The van der Waals surface area contributed by atoms with Crippen LogP contribution in [-0.4, -0.2) is 43.2 Å². The summed E-state index contributed by atoms with van der Waals surface area (Å²) in [5.74, 6) is 0.511. The molecule has 0 aliphatic carbocycles. The van der Waals surface area contributed by atoms with Gasteiger partial charge in [-0.3, -0.25) is 9.78 Å². The molecule has 7 heteroatoms. The predicted molar refractivity (Wildman–Crippen MR) is 116 cm³/mol. The molecule has 2 aromatic carbocycles. The van der Waals surface area contributed by atoms with E-state index in [1.807, 2.05) is 48.5 Å². The Hall–Kier alpha value is -3.87. The molecule has 0 saturated heterocycles. The number of rotatable bonds is 7. The van der Waals surface area contributed by atoms with Gasteiger partial charge in [0, 0.05) is 29.8 Å².